The van der Waals surface area contributed by atoms with E-state index < -0.39 is 22.2 Å². The second kappa shape index (κ2) is 4.31. The van der Waals surface area contributed by atoms with Crippen LogP contribution in [0.2, 0.25) is 0 Å². The minimum atomic E-state index is -1.04. The molecule has 0 spiro atoms. The van der Waals surface area contributed by atoms with Crippen molar-refractivity contribution in [2.45, 2.75) is 12.8 Å². The number of nitrogens with zero attached hydrogens (tertiary/aromatic N) is 1. The average molecular weight is 216 g/mol. The molecule has 0 aliphatic carbocycles. The standard InChI is InChI=1S/C9H10F2N2O2/c1-5(4-12)6-2-8(11)9(13(14)15)3-7(6)10/h2-3,5H,4,12H2,1H3. The van der Waals surface area contributed by atoms with Crippen molar-refractivity contribution in [3.8, 4) is 0 Å². The molecular formula is C9H10F2N2O2. The van der Waals surface area contributed by atoms with Crippen LogP contribution in [-0.4, -0.2) is 11.5 Å². The first-order valence-corrected chi connectivity index (χ1v) is 4.30. The van der Waals surface area contributed by atoms with Crippen molar-refractivity contribution in [1.29, 1.82) is 0 Å². The molecule has 0 radical (unpaired) electrons. The van der Waals surface area contributed by atoms with Crippen molar-refractivity contribution >= 4 is 5.69 Å². The van der Waals surface area contributed by atoms with Crippen LogP contribution in [0.25, 0.3) is 0 Å². The zero-order valence-corrected chi connectivity index (χ0v) is 8.04. The molecule has 15 heavy (non-hydrogen) atoms. The number of hydrogen-bond acceptors (Lipinski definition) is 3. The quantitative estimate of drug-likeness (QED) is 0.620. The van der Waals surface area contributed by atoms with Crippen molar-refractivity contribution in [3.05, 3.63) is 39.4 Å². The van der Waals surface area contributed by atoms with Gasteiger partial charge in [-0.25, -0.2) is 4.39 Å². The lowest BCUT2D eigenvalue weighted by Gasteiger charge is -2.09. The summed E-state index contributed by atoms with van der Waals surface area (Å²) in [5.41, 5.74) is 4.49. The highest BCUT2D eigenvalue weighted by Gasteiger charge is 2.20. The minimum Gasteiger partial charge on any atom is -0.330 e. The summed E-state index contributed by atoms with van der Waals surface area (Å²) >= 11 is 0. The molecule has 0 aliphatic rings. The third-order valence-corrected chi connectivity index (χ3v) is 2.15. The largest absolute Gasteiger partial charge is 0.330 e. The van der Waals surface area contributed by atoms with Gasteiger partial charge in [0.25, 0.3) is 0 Å². The van der Waals surface area contributed by atoms with Crippen molar-refractivity contribution in [2.75, 3.05) is 6.54 Å². The SMILES string of the molecule is CC(CN)c1cc(F)c([N+](=O)[O-])cc1F. The number of halogens is 2. The van der Waals surface area contributed by atoms with Gasteiger partial charge in [-0.05, 0) is 24.1 Å². The summed E-state index contributed by atoms with van der Waals surface area (Å²) in [6.45, 7) is 1.76. The Kier molecular flexibility index (Phi) is 3.31. The highest BCUT2D eigenvalue weighted by atomic mass is 19.1. The number of nitro groups is 1. The number of nitrogens with two attached hydrogens (primary N) is 1. The van der Waals surface area contributed by atoms with E-state index in [2.05, 4.69) is 0 Å². The molecule has 0 aromatic heterocycles. The van der Waals surface area contributed by atoms with E-state index in [0.29, 0.717) is 6.07 Å². The Hall–Kier alpha value is -1.56. The summed E-state index contributed by atoms with van der Waals surface area (Å²) in [7, 11) is 0. The molecule has 82 valence electrons. The fourth-order valence-corrected chi connectivity index (χ4v) is 1.20. The maximum Gasteiger partial charge on any atom is 0.307 e. The van der Waals surface area contributed by atoms with Crippen molar-refractivity contribution in [2.24, 2.45) is 5.73 Å². The van der Waals surface area contributed by atoms with E-state index in [1.807, 2.05) is 0 Å². The number of hydrogen-bond donors (Lipinski definition) is 1. The Balaban J connectivity index is 3.25. The van der Waals surface area contributed by atoms with E-state index in [0.717, 1.165) is 6.07 Å². The maximum absolute atomic E-state index is 13.3. The molecule has 0 saturated heterocycles. The van der Waals surface area contributed by atoms with E-state index in [4.69, 9.17) is 5.73 Å². The van der Waals surface area contributed by atoms with Gasteiger partial charge in [0, 0.05) is 0 Å². The van der Waals surface area contributed by atoms with Gasteiger partial charge in [-0.3, -0.25) is 10.1 Å². The minimum absolute atomic E-state index is 0.0561. The molecule has 1 unspecified atom stereocenters. The summed E-state index contributed by atoms with van der Waals surface area (Å²) in [5, 5.41) is 10.3. The Morgan fingerprint density at radius 3 is 2.53 bits per heavy atom. The van der Waals surface area contributed by atoms with Gasteiger partial charge < -0.3 is 5.73 Å². The van der Waals surface area contributed by atoms with Crippen LogP contribution in [0.15, 0.2) is 12.1 Å². The molecule has 1 atom stereocenters. The summed E-state index contributed by atoms with van der Waals surface area (Å²) in [4.78, 5) is 9.34. The van der Waals surface area contributed by atoms with E-state index >= 15 is 0 Å². The summed E-state index contributed by atoms with van der Waals surface area (Å²) in [5.74, 6) is -2.22. The first-order valence-electron chi connectivity index (χ1n) is 4.30. The third-order valence-electron chi connectivity index (χ3n) is 2.15. The Labute approximate surface area is 84.9 Å². The molecule has 2 N–H and O–H groups in total. The van der Waals surface area contributed by atoms with Gasteiger partial charge in [-0.2, -0.15) is 4.39 Å². The zero-order valence-electron chi connectivity index (χ0n) is 8.04. The lowest BCUT2D eigenvalue weighted by Crippen LogP contribution is -2.11. The lowest BCUT2D eigenvalue weighted by molar-refractivity contribution is -0.387. The normalized spacial score (nSPS) is 12.5. The second-order valence-electron chi connectivity index (χ2n) is 3.22. The highest BCUT2D eigenvalue weighted by Crippen LogP contribution is 2.25. The smallest absolute Gasteiger partial charge is 0.307 e. The van der Waals surface area contributed by atoms with Gasteiger partial charge >= 0.3 is 5.69 Å². The molecule has 0 bridgehead atoms. The van der Waals surface area contributed by atoms with Crippen LogP contribution in [0.3, 0.4) is 0 Å². The van der Waals surface area contributed by atoms with E-state index in [1.165, 1.54) is 0 Å². The molecule has 1 aromatic carbocycles. The Morgan fingerprint density at radius 2 is 2.07 bits per heavy atom. The topological polar surface area (TPSA) is 69.2 Å². The van der Waals surface area contributed by atoms with Crippen LogP contribution in [0.5, 0.6) is 0 Å². The zero-order chi connectivity index (χ0) is 11.6. The fraction of sp³-hybridized carbons (Fsp3) is 0.333. The molecule has 1 aromatic rings. The van der Waals surface area contributed by atoms with Gasteiger partial charge in [-0.1, -0.05) is 6.92 Å². The van der Waals surface area contributed by atoms with Gasteiger partial charge in [0.15, 0.2) is 0 Å². The molecule has 0 fully saturated rings. The monoisotopic (exact) mass is 216 g/mol. The predicted molar refractivity (Wildman–Crippen MR) is 50.5 cm³/mol. The second-order valence-corrected chi connectivity index (χ2v) is 3.22. The van der Waals surface area contributed by atoms with Crippen LogP contribution in [-0.2, 0) is 0 Å². The number of benzene rings is 1. The van der Waals surface area contributed by atoms with Gasteiger partial charge in [0.05, 0.1) is 11.0 Å². The van der Waals surface area contributed by atoms with Crippen molar-refractivity contribution in [3.63, 3.8) is 0 Å². The molecule has 6 heteroatoms. The van der Waals surface area contributed by atoms with Gasteiger partial charge in [-0.15, -0.1) is 0 Å². The van der Waals surface area contributed by atoms with E-state index in [-0.39, 0.29) is 18.0 Å². The lowest BCUT2D eigenvalue weighted by atomic mass is 10.0. The molecular weight excluding hydrogens is 206 g/mol. The highest BCUT2D eigenvalue weighted by molar-refractivity contribution is 5.37. The molecule has 1 rings (SSSR count). The average Bonchev–Trinajstić information content (AvgIpc) is 2.19. The first kappa shape index (κ1) is 11.5. The summed E-state index contributed by atoms with van der Waals surface area (Å²) < 4.78 is 26.4. The van der Waals surface area contributed by atoms with Crippen LogP contribution in [0, 0.1) is 21.7 Å². The maximum atomic E-state index is 13.3. The van der Waals surface area contributed by atoms with Crippen LogP contribution < -0.4 is 5.73 Å². The van der Waals surface area contributed by atoms with E-state index in [1.54, 1.807) is 6.92 Å². The number of nitro benzene ring substituents is 1. The van der Waals surface area contributed by atoms with Crippen LogP contribution in [0.4, 0.5) is 14.5 Å². The molecule has 0 saturated carbocycles. The third kappa shape index (κ3) is 2.27. The Bertz CT molecular complexity index is 396. The summed E-state index contributed by atoms with van der Waals surface area (Å²) in [6.07, 6.45) is 0. The number of rotatable bonds is 3. The van der Waals surface area contributed by atoms with Crippen LogP contribution >= 0.6 is 0 Å². The predicted octanol–water partition coefficient (Wildman–Crippen LogP) is 1.94. The molecule has 0 heterocycles. The fourth-order valence-electron chi connectivity index (χ4n) is 1.20. The first-order chi connectivity index (χ1) is 6.97. The van der Waals surface area contributed by atoms with Gasteiger partial charge in [0.2, 0.25) is 5.82 Å². The molecule has 0 amide bonds. The van der Waals surface area contributed by atoms with Crippen molar-refractivity contribution < 1.29 is 13.7 Å². The van der Waals surface area contributed by atoms with E-state index in [9.17, 15) is 18.9 Å². The summed E-state index contributed by atoms with van der Waals surface area (Å²) in [6, 6.07) is 1.40. The van der Waals surface area contributed by atoms with Crippen LogP contribution in [0.1, 0.15) is 18.4 Å². The Morgan fingerprint density at radius 1 is 1.47 bits per heavy atom. The van der Waals surface area contributed by atoms with Gasteiger partial charge in [0.1, 0.15) is 5.82 Å². The molecule has 0 aliphatic heterocycles. The van der Waals surface area contributed by atoms with Crippen molar-refractivity contribution in [1.82, 2.24) is 0 Å². The molecule has 4 nitrogen and oxygen atoms in total.